The van der Waals surface area contributed by atoms with Crippen LogP contribution >= 0.6 is 23.7 Å². The number of sulfonamides is 1. The molecule has 0 saturated carbocycles. The van der Waals surface area contributed by atoms with Gasteiger partial charge in [0.05, 0.1) is 19.1 Å². The first kappa shape index (κ1) is 29.8. The summed E-state index contributed by atoms with van der Waals surface area (Å²) in [5.74, 6) is 0.973. The Labute approximate surface area is 223 Å². The van der Waals surface area contributed by atoms with Crippen LogP contribution in [-0.4, -0.2) is 83.0 Å². The molecule has 3 aromatic rings. The fourth-order valence-electron chi connectivity index (χ4n) is 3.61. The van der Waals surface area contributed by atoms with Gasteiger partial charge in [-0.2, -0.15) is 4.31 Å². The maximum atomic E-state index is 13.6. The molecule has 0 bridgehead atoms. The van der Waals surface area contributed by atoms with Gasteiger partial charge in [-0.15, -0.1) is 12.4 Å². The number of carbonyl (C=O) groups excluding carboxylic acids is 1. The highest BCUT2D eigenvalue weighted by Gasteiger charge is 2.25. The fraction of sp³-hybridized carbons (Fsp3) is 0.417. The summed E-state index contributed by atoms with van der Waals surface area (Å²) in [6.07, 6.45) is 0. The normalized spacial score (nSPS) is 11.6. The Bertz CT molecular complexity index is 1230. The molecule has 0 saturated heterocycles. The molecule has 0 fully saturated rings. The average Bonchev–Trinajstić information content (AvgIpc) is 3.29. The molecule has 36 heavy (non-hydrogen) atoms. The summed E-state index contributed by atoms with van der Waals surface area (Å²) >= 11 is 1.35. The highest BCUT2D eigenvalue weighted by molar-refractivity contribution is 7.89. The van der Waals surface area contributed by atoms with Crippen molar-refractivity contribution >= 4 is 55.0 Å². The molecule has 0 radical (unpaired) electrons. The van der Waals surface area contributed by atoms with E-state index in [9.17, 15) is 13.2 Å². The zero-order valence-electron chi connectivity index (χ0n) is 21.3. The number of hydrogen-bond acceptors (Lipinski definition) is 8. The van der Waals surface area contributed by atoms with Crippen molar-refractivity contribution in [3.63, 3.8) is 0 Å². The second-order valence-electron chi connectivity index (χ2n) is 8.02. The standard InChI is InChI=1S/C24H32N4O5S2.ClH/c1-7-27(8-2)35(30,31)18-11-9-17(10-12-18)23(29)28(16-15-26(3)4)24-25-21-19(32-5)13-14-20(33-6)22(21)34-24;/h9-14H,7-8,15-16H2,1-6H3;1H. The predicted octanol–water partition coefficient (Wildman–Crippen LogP) is 3.97. The minimum absolute atomic E-state index is 0. The molecular formula is C24H33ClN4O5S2. The molecule has 0 aliphatic rings. The number of methoxy groups -OCH3 is 2. The monoisotopic (exact) mass is 556 g/mol. The van der Waals surface area contributed by atoms with E-state index in [-0.39, 0.29) is 23.2 Å². The molecule has 0 N–H and O–H groups in total. The third-order valence-corrected chi connectivity index (χ3v) is 8.75. The van der Waals surface area contributed by atoms with Gasteiger partial charge in [0.2, 0.25) is 10.0 Å². The largest absolute Gasteiger partial charge is 0.495 e. The SMILES string of the molecule is CCN(CC)S(=O)(=O)c1ccc(C(=O)N(CCN(C)C)c2nc3c(OC)ccc(OC)c3s2)cc1.Cl. The molecular weight excluding hydrogens is 524 g/mol. The van der Waals surface area contributed by atoms with Crippen molar-refractivity contribution in [2.45, 2.75) is 18.7 Å². The van der Waals surface area contributed by atoms with E-state index < -0.39 is 10.0 Å². The number of aromatic nitrogens is 1. The van der Waals surface area contributed by atoms with Gasteiger partial charge < -0.3 is 14.4 Å². The zero-order chi connectivity index (χ0) is 25.8. The van der Waals surface area contributed by atoms with Crippen LogP contribution in [0.5, 0.6) is 11.5 Å². The summed E-state index contributed by atoms with van der Waals surface area (Å²) in [5, 5.41) is 0.509. The van der Waals surface area contributed by atoms with Crippen molar-refractivity contribution in [1.82, 2.24) is 14.2 Å². The third-order valence-electron chi connectivity index (χ3n) is 5.59. The van der Waals surface area contributed by atoms with E-state index in [2.05, 4.69) is 0 Å². The van der Waals surface area contributed by atoms with E-state index in [0.29, 0.717) is 53.9 Å². The first-order valence-electron chi connectivity index (χ1n) is 11.3. The third kappa shape index (κ3) is 6.09. The molecule has 0 spiro atoms. The summed E-state index contributed by atoms with van der Waals surface area (Å²) in [6.45, 7) is 5.36. The summed E-state index contributed by atoms with van der Waals surface area (Å²) in [4.78, 5) is 22.1. The molecule has 1 aromatic heterocycles. The molecule has 2 aromatic carbocycles. The Morgan fingerprint density at radius 3 is 2.06 bits per heavy atom. The van der Waals surface area contributed by atoms with E-state index in [0.717, 1.165) is 4.70 Å². The van der Waals surface area contributed by atoms with Crippen LogP contribution in [0.3, 0.4) is 0 Å². The van der Waals surface area contributed by atoms with E-state index in [1.807, 2.05) is 25.1 Å². The van der Waals surface area contributed by atoms with Crippen molar-refractivity contribution in [1.29, 1.82) is 0 Å². The maximum absolute atomic E-state index is 13.6. The van der Waals surface area contributed by atoms with Crippen LogP contribution in [0, 0.1) is 0 Å². The number of fused-ring (bicyclic) bond motifs is 1. The number of hydrogen-bond donors (Lipinski definition) is 0. The first-order chi connectivity index (χ1) is 16.7. The topological polar surface area (TPSA) is 92.3 Å². The Hall–Kier alpha value is -2.44. The highest BCUT2D eigenvalue weighted by atomic mass is 35.5. The summed E-state index contributed by atoms with van der Waals surface area (Å²) < 4.78 is 38.8. The number of benzene rings is 2. The van der Waals surface area contributed by atoms with Crippen LogP contribution in [0.2, 0.25) is 0 Å². The van der Waals surface area contributed by atoms with Crippen molar-refractivity contribution < 1.29 is 22.7 Å². The second-order valence-corrected chi connectivity index (χ2v) is 10.9. The van der Waals surface area contributed by atoms with E-state index >= 15 is 0 Å². The molecule has 12 heteroatoms. The summed E-state index contributed by atoms with van der Waals surface area (Å²) in [7, 11) is 3.41. The highest BCUT2D eigenvalue weighted by Crippen LogP contribution is 2.40. The molecule has 9 nitrogen and oxygen atoms in total. The Balaban J connectivity index is 0.00000456. The number of amides is 1. The molecule has 3 rings (SSSR count). The van der Waals surface area contributed by atoms with Gasteiger partial charge in [-0.05, 0) is 50.5 Å². The molecule has 0 aliphatic heterocycles. The van der Waals surface area contributed by atoms with Gasteiger partial charge in [-0.3, -0.25) is 9.69 Å². The summed E-state index contributed by atoms with van der Waals surface area (Å²) in [6, 6.07) is 9.66. The van der Waals surface area contributed by atoms with Gasteiger partial charge in [-0.1, -0.05) is 25.2 Å². The molecule has 1 heterocycles. The van der Waals surface area contributed by atoms with Gasteiger partial charge >= 0.3 is 0 Å². The smallest absolute Gasteiger partial charge is 0.260 e. The minimum Gasteiger partial charge on any atom is -0.495 e. The number of ether oxygens (including phenoxy) is 2. The van der Waals surface area contributed by atoms with Crippen molar-refractivity contribution in [3.05, 3.63) is 42.0 Å². The molecule has 198 valence electrons. The lowest BCUT2D eigenvalue weighted by Gasteiger charge is -2.22. The lowest BCUT2D eigenvalue weighted by Crippen LogP contribution is -2.36. The van der Waals surface area contributed by atoms with Gasteiger partial charge in [0, 0.05) is 31.7 Å². The van der Waals surface area contributed by atoms with Crippen molar-refractivity contribution in [2.75, 3.05) is 59.4 Å². The number of anilines is 1. The summed E-state index contributed by atoms with van der Waals surface area (Å²) in [5.41, 5.74) is 0.996. The fourth-order valence-corrected chi connectivity index (χ4v) is 6.17. The Morgan fingerprint density at radius 2 is 1.53 bits per heavy atom. The Morgan fingerprint density at radius 1 is 0.944 bits per heavy atom. The Kier molecular flexibility index (Phi) is 10.5. The van der Waals surface area contributed by atoms with Crippen LogP contribution in [0.4, 0.5) is 5.13 Å². The number of nitrogens with zero attached hydrogens (tertiary/aromatic N) is 4. The molecule has 0 aliphatic carbocycles. The van der Waals surface area contributed by atoms with E-state index in [1.54, 1.807) is 51.2 Å². The van der Waals surface area contributed by atoms with Crippen molar-refractivity contribution in [2.24, 2.45) is 0 Å². The van der Waals surface area contributed by atoms with Crippen molar-refractivity contribution in [3.8, 4) is 11.5 Å². The lowest BCUT2D eigenvalue weighted by atomic mass is 10.2. The lowest BCUT2D eigenvalue weighted by molar-refractivity contribution is 0.0985. The molecule has 1 amide bonds. The predicted molar refractivity (Wildman–Crippen MR) is 147 cm³/mol. The number of rotatable bonds is 11. The quantitative estimate of drug-likeness (QED) is 0.353. The number of halogens is 1. The maximum Gasteiger partial charge on any atom is 0.260 e. The van der Waals surface area contributed by atoms with Crippen LogP contribution in [0.15, 0.2) is 41.3 Å². The number of carbonyl (C=O) groups is 1. The zero-order valence-corrected chi connectivity index (χ0v) is 23.8. The molecule has 0 atom stereocenters. The minimum atomic E-state index is -3.61. The number of thiazole rings is 1. The number of likely N-dealkylation sites (N-methyl/N-ethyl adjacent to an activating group) is 1. The van der Waals surface area contributed by atoms with Crippen LogP contribution < -0.4 is 14.4 Å². The van der Waals surface area contributed by atoms with Crippen LogP contribution in [-0.2, 0) is 10.0 Å². The first-order valence-corrected chi connectivity index (χ1v) is 13.5. The molecule has 0 unspecified atom stereocenters. The van der Waals surface area contributed by atoms with Gasteiger partial charge in [0.25, 0.3) is 5.91 Å². The van der Waals surface area contributed by atoms with Gasteiger partial charge in [0.1, 0.15) is 21.7 Å². The average molecular weight is 557 g/mol. The second kappa shape index (κ2) is 12.7. The van der Waals surface area contributed by atoms with E-state index in [4.69, 9.17) is 14.5 Å². The van der Waals surface area contributed by atoms with Gasteiger partial charge in [0.15, 0.2) is 5.13 Å². The van der Waals surface area contributed by atoms with Crippen LogP contribution in [0.25, 0.3) is 10.2 Å². The van der Waals surface area contributed by atoms with E-state index in [1.165, 1.54) is 27.8 Å². The van der Waals surface area contributed by atoms with Gasteiger partial charge in [-0.25, -0.2) is 13.4 Å². The van der Waals surface area contributed by atoms with Crippen LogP contribution in [0.1, 0.15) is 24.2 Å².